The van der Waals surface area contributed by atoms with Crippen molar-refractivity contribution in [2.75, 3.05) is 0 Å². The van der Waals surface area contributed by atoms with E-state index in [1.165, 1.54) is 0 Å². The Morgan fingerprint density at radius 3 is 2.47 bits per heavy atom. The summed E-state index contributed by atoms with van der Waals surface area (Å²) in [5, 5.41) is 19.5. The van der Waals surface area contributed by atoms with Crippen LogP contribution in [0.1, 0.15) is 85.5 Å². The lowest BCUT2D eigenvalue weighted by Gasteiger charge is -2.61. The number of fused-ring (bicyclic) bond motifs is 5. The monoisotopic (exact) mass is 416 g/mol. The zero-order valence-corrected chi connectivity index (χ0v) is 19.2. The fourth-order valence-electron chi connectivity index (χ4n) is 8.72. The molecule has 0 heterocycles. The zero-order valence-electron chi connectivity index (χ0n) is 19.2. The molecule has 0 aliphatic heterocycles. The molecule has 0 radical (unpaired) electrons. The summed E-state index contributed by atoms with van der Waals surface area (Å²) in [5.41, 5.74) is 1.25. The summed E-state index contributed by atoms with van der Waals surface area (Å²) in [5.74, 6) is 1.74. The predicted octanol–water partition coefficient (Wildman–Crippen LogP) is 5.24. The first kappa shape index (κ1) is 22.0. The van der Waals surface area contributed by atoms with Crippen molar-refractivity contribution >= 4 is 11.8 Å². The fourth-order valence-corrected chi connectivity index (χ4v) is 8.72. The van der Waals surface area contributed by atoms with E-state index in [0.717, 1.165) is 56.9 Å². The number of hydrogen-bond donors (Lipinski definition) is 2. The first-order chi connectivity index (χ1) is 14.1. The number of carboxylic acid groups (broad SMARTS) is 1. The van der Waals surface area contributed by atoms with Crippen molar-refractivity contribution in [2.24, 2.45) is 46.3 Å². The summed E-state index contributed by atoms with van der Waals surface area (Å²) in [6, 6.07) is 0. The molecule has 0 bridgehead atoms. The second kappa shape index (κ2) is 7.76. The Hall–Kier alpha value is -1.16. The maximum absolute atomic E-state index is 13.8. The van der Waals surface area contributed by atoms with E-state index in [-0.39, 0.29) is 35.2 Å². The molecule has 3 unspecified atom stereocenters. The molecular formula is C26H40O4. The van der Waals surface area contributed by atoms with Gasteiger partial charge in [-0.15, -0.1) is 0 Å². The first-order valence-electron chi connectivity index (χ1n) is 12.2. The molecule has 4 aliphatic rings. The van der Waals surface area contributed by atoms with E-state index in [4.69, 9.17) is 5.11 Å². The molecule has 0 saturated heterocycles. The Morgan fingerprint density at radius 2 is 1.80 bits per heavy atom. The van der Waals surface area contributed by atoms with E-state index in [1.807, 2.05) is 13.0 Å². The Balaban J connectivity index is 1.64. The predicted molar refractivity (Wildman–Crippen MR) is 117 cm³/mol. The van der Waals surface area contributed by atoms with Crippen molar-refractivity contribution in [3.05, 3.63) is 11.6 Å². The highest BCUT2D eigenvalue weighted by Gasteiger charge is 2.64. The van der Waals surface area contributed by atoms with E-state index in [2.05, 4.69) is 20.8 Å². The van der Waals surface area contributed by atoms with Crippen LogP contribution in [0.2, 0.25) is 0 Å². The summed E-state index contributed by atoms with van der Waals surface area (Å²) in [6.45, 7) is 9.04. The molecule has 0 spiro atoms. The Labute approximate surface area is 181 Å². The molecular weight excluding hydrogens is 376 g/mol. The molecule has 9 atom stereocenters. The van der Waals surface area contributed by atoms with Crippen molar-refractivity contribution in [2.45, 2.75) is 91.6 Å². The van der Waals surface area contributed by atoms with Gasteiger partial charge in [0.05, 0.1) is 6.10 Å². The van der Waals surface area contributed by atoms with Crippen molar-refractivity contribution in [1.82, 2.24) is 0 Å². The summed E-state index contributed by atoms with van der Waals surface area (Å²) in [4.78, 5) is 24.9. The van der Waals surface area contributed by atoms with Crippen LogP contribution in [0.25, 0.3) is 0 Å². The molecule has 4 saturated carbocycles. The van der Waals surface area contributed by atoms with Gasteiger partial charge in [0.1, 0.15) is 0 Å². The second-order valence-corrected chi connectivity index (χ2v) is 11.5. The number of carbonyl (C=O) groups is 2. The van der Waals surface area contributed by atoms with E-state index in [1.54, 1.807) is 0 Å². The lowest BCUT2D eigenvalue weighted by atomic mass is 9.43. The van der Waals surface area contributed by atoms with Gasteiger partial charge in [-0.3, -0.25) is 9.59 Å². The standard InChI is InChI=1S/C26H40O4/c1-5-17-21-14-16(27)10-12-26(21,4)20-11-13-25(3)18(15(2)6-9-22(28)29)7-8-19(25)23(20)24(17)30/h5,15-16,18-21,23,27H,6-14H2,1-4H3,(H,28,29)/b17-5+/t15-,16+,18?,19?,20?,21-,23-,25+,26+/m0/s1. The van der Waals surface area contributed by atoms with E-state index in [9.17, 15) is 14.7 Å². The van der Waals surface area contributed by atoms with Gasteiger partial charge in [0.15, 0.2) is 5.78 Å². The van der Waals surface area contributed by atoms with Crippen LogP contribution in [0.3, 0.4) is 0 Å². The van der Waals surface area contributed by atoms with Gasteiger partial charge in [-0.2, -0.15) is 0 Å². The highest BCUT2D eigenvalue weighted by Crippen LogP contribution is 2.68. The average molecular weight is 417 g/mol. The number of allylic oxidation sites excluding steroid dienone is 2. The fraction of sp³-hybridized carbons (Fsp3) is 0.846. The largest absolute Gasteiger partial charge is 0.481 e. The highest BCUT2D eigenvalue weighted by molar-refractivity contribution is 5.99. The molecule has 0 aromatic heterocycles. The molecule has 0 aromatic carbocycles. The maximum Gasteiger partial charge on any atom is 0.303 e. The van der Waals surface area contributed by atoms with Crippen LogP contribution < -0.4 is 0 Å². The quantitative estimate of drug-likeness (QED) is 0.614. The van der Waals surface area contributed by atoms with Gasteiger partial charge >= 0.3 is 5.97 Å². The van der Waals surface area contributed by atoms with Crippen LogP contribution in [-0.4, -0.2) is 28.1 Å². The van der Waals surface area contributed by atoms with Crippen LogP contribution in [0, 0.1) is 46.3 Å². The van der Waals surface area contributed by atoms with Crippen molar-refractivity contribution in [1.29, 1.82) is 0 Å². The third kappa shape index (κ3) is 3.20. The third-order valence-electron chi connectivity index (χ3n) is 10.3. The number of carbonyl (C=O) groups excluding carboxylic acids is 1. The Morgan fingerprint density at radius 1 is 1.13 bits per heavy atom. The van der Waals surface area contributed by atoms with Gasteiger partial charge in [0.2, 0.25) is 0 Å². The summed E-state index contributed by atoms with van der Waals surface area (Å²) in [7, 11) is 0. The lowest BCUT2D eigenvalue weighted by molar-refractivity contribution is -0.150. The van der Waals surface area contributed by atoms with Gasteiger partial charge in [0, 0.05) is 12.3 Å². The smallest absolute Gasteiger partial charge is 0.303 e. The van der Waals surface area contributed by atoms with E-state index in [0.29, 0.717) is 29.5 Å². The van der Waals surface area contributed by atoms with Gasteiger partial charge in [-0.1, -0.05) is 26.8 Å². The van der Waals surface area contributed by atoms with Gasteiger partial charge < -0.3 is 10.2 Å². The van der Waals surface area contributed by atoms with Crippen LogP contribution in [0.4, 0.5) is 0 Å². The minimum atomic E-state index is -0.705. The molecule has 30 heavy (non-hydrogen) atoms. The topological polar surface area (TPSA) is 74.6 Å². The van der Waals surface area contributed by atoms with E-state index < -0.39 is 5.97 Å². The van der Waals surface area contributed by atoms with Crippen molar-refractivity contribution < 1.29 is 19.8 Å². The SMILES string of the molecule is C/C=C1/C(=O)[C@H]2C3CCC([C@@H](C)CCC(=O)O)[C@@]3(C)CCC2[C@@]2(C)CC[C@@H](O)C[C@@H]12. The zero-order chi connectivity index (χ0) is 21.8. The highest BCUT2D eigenvalue weighted by atomic mass is 16.4. The number of aliphatic hydroxyl groups is 1. The normalized spacial score (nSPS) is 48.0. The molecule has 4 fully saturated rings. The number of aliphatic carboxylic acids is 1. The molecule has 0 amide bonds. The van der Waals surface area contributed by atoms with Crippen molar-refractivity contribution in [3.8, 4) is 0 Å². The van der Waals surface area contributed by atoms with Gasteiger partial charge in [-0.25, -0.2) is 0 Å². The van der Waals surface area contributed by atoms with E-state index >= 15 is 0 Å². The van der Waals surface area contributed by atoms with Gasteiger partial charge in [0.25, 0.3) is 0 Å². The molecule has 2 N–H and O–H groups in total. The number of Topliss-reactive ketones (excluding diaryl/α,β-unsaturated/α-hetero) is 1. The van der Waals surface area contributed by atoms with Gasteiger partial charge in [-0.05, 0) is 104 Å². The number of aliphatic hydroxyl groups excluding tert-OH is 1. The maximum atomic E-state index is 13.8. The average Bonchev–Trinajstić information content (AvgIpc) is 3.05. The minimum Gasteiger partial charge on any atom is -0.481 e. The summed E-state index contributed by atoms with van der Waals surface area (Å²) < 4.78 is 0. The number of ketones is 1. The number of rotatable bonds is 4. The van der Waals surface area contributed by atoms with Crippen molar-refractivity contribution in [3.63, 3.8) is 0 Å². The van der Waals surface area contributed by atoms with Crippen LogP contribution in [-0.2, 0) is 9.59 Å². The first-order valence-corrected chi connectivity index (χ1v) is 12.2. The molecule has 4 nitrogen and oxygen atoms in total. The third-order valence-corrected chi connectivity index (χ3v) is 10.3. The molecule has 4 aliphatic carbocycles. The van der Waals surface area contributed by atoms with Crippen LogP contribution >= 0.6 is 0 Å². The summed E-state index contributed by atoms with van der Waals surface area (Å²) in [6.07, 6.45) is 9.86. The Bertz CT molecular complexity index is 741. The molecule has 4 heteroatoms. The molecule has 168 valence electrons. The summed E-state index contributed by atoms with van der Waals surface area (Å²) >= 11 is 0. The second-order valence-electron chi connectivity index (χ2n) is 11.5. The number of hydrogen-bond acceptors (Lipinski definition) is 3. The lowest BCUT2D eigenvalue weighted by Crippen LogP contribution is -2.58. The van der Waals surface area contributed by atoms with Crippen LogP contribution in [0.5, 0.6) is 0 Å². The minimum absolute atomic E-state index is 0.114. The molecule has 0 aromatic rings. The van der Waals surface area contributed by atoms with Crippen LogP contribution in [0.15, 0.2) is 11.6 Å². The number of carboxylic acids is 1. The Kier molecular flexibility index (Phi) is 5.70. The molecule has 4 rings (SSSR count).